The quantitative estimate of drug-likeness (QED) is 0.741. The molecule has 94 valence electrons. The van der Waals surface area contributed by atoms with Gasteiger partial charge in [0.25, 0.3) is 0 Å². The molecule has 0 unspecified atom stereocenters. The van der Waals surface area contributed by atoms with Gasteiger partial charge in [-0.2, -0.15) is 5.10 Å². The predicted octanol–water partition coefficient (Wildman–Crippen LogP) is 1.87. The predicted molar refractivity (Wildman–Crippen MR) is 71.2 cm³/mol. The Labute approximate surface area is 110 Å². The molecular formula is C13H12N6. The fraction of sp³-hybridized carbons (Fsp3) is 0.0769. The highest BCUT2D eigenvalue weighted by atomic mass is 15.2. The Morgan fingerprint density at radius 3 is 2.74 bits per heavy atom. The Morgan fingerprint density at radius 2 is 1.95 bits per heavy atom. The molecule has 0 aromatic carbocycles. The van der Waals surface area contributed by atoms with Crippen molar-refractivity contribution in [2.45, 2.75) is 6.54 Å². The highest BCUT2D eigenvalue weighted by molar-refractivity contribution is 5.53. The Kier molecular flexibility index (Phi) is 3.14. The summed E-state index contributed by atoms with van der Waals surface area (Å²) in [5.41, 5.74) is 1.89. The normalized spacial score (nSPS) is 10.3. The lowest BCUT2D eigenvalue weighted by molar-refractivity contribution is 0.953. The third-order valence-corrected chi connectivity index (χ3v) is 2.59. The van der Waals surface area contributed by atoms with Crippen molar-refractivity contribution in [2.24, 2.45) is 0 Å². The molecule has 0 radical (unpaired) electrons. The first-order valence-corrected chi connectivity index (χ1v) is 5.87. The summed E-state index contributed by atoms with van der Waals surface area (Å²) in [5, 5.41) is 10.3. The number of hydrogen-bond acceptors (Lipinski definition) is 5. The molecule has 0 aliphatic rings. The highest BCUT2D eigenvalue weighted by Gasteiger charge is 2.05. The number of H-pyrrole nitrogens is 1. The standard InChI is InChI=1S/C13H12N6/c1-2-11(8-15-5-1)16-9-12-17-13(19-18-12)10-3-6-14-7-4-10/h1-8,16H,9H2,(H,17,18,19). The summed E-state index contributed by atoms with van der Waals surface area (Å²) in [5.74, 6) is 1.45. The number of hydrogen-bond donors (Lipinski definition) is 2. The second kappa shape index (κ2) is 5.26. The summed E-state index contributed by atoms with van der Waals surface area (Å²) in [4.78, 5) is 12.4. The summed E-state index contributed by atoms with van der Waals surface area (Å²) < 4.78 is 0. The molecule has 0 amide bonds. The van der Waals surface area contributed by atoms with Crippen LogP contribution in [0.1, 0.15) is 5.82 Å². The Hall–Kier alpha value is -2.76. The van der Waals surface area contributed by atoms with E-state index in [1.54, 1.807) is 24.8 Å². The van der Waals surface area contributed by atoms with E-state index in [0.29, 0.717) is 12.4 Å². The lowest BCUT2D eigenvalue weighted by Crippen LogP contribution is -2.01. The van der Waals surface area contributed by atoms with E-state index in [1.807, 2.05) is 24.3 Å². The van der Waals surface area contributed by atoms with Gasteiger partial charge in [0, 0.05) is 30.4 Å². The average Bonchev–Trinajstić information content (AvgIpc) is 2.96. The number of aromatic amines is 1. The van der Waals surface area contributed by atoms with E-state index >= 15 is 0 Å². The van der Waals surface area contributed by atoms with Crippen molar-refractivity contribution in [3.8, 4) is 11.4 Å². The smallest absolute Gasteiger partial charge is 0.181 e. The lowest BCUT2D eigenvalue weighted by atomic mass is 10.2. The molecule has 0 bridgehead atoms. The van der Waals surface area contributed by atoms with Crippen LogP contribution < -0.4 is 5.32 Å². The van der Waals surface area contributed by atoms with Crippen molar-refractivity contribution in [1.82, 2.24) is 25.1 Å². The fourth-order valence-corrected chi connectivity index (χ4v) is 1.66. The SMILES string of the molecule is c1cncc(NCc2nc(-c3ccncc3)n[nH]2)c1. The maximum atomic E-state index is 4.42. The van der Waals surface area contributed by atoms with Gasteiger partial charge in [0.15, 0.2) is 5.82 Å². The second-order valence-electron chi connectivity index (χ2n) is 3.94. The molecule has 3 rings (SSSR count). The van der Waals surface area contributed by atoms with Crippen LogP contribution >= 0.6 is 0 Å². The number of nitrogens with zero attached hydrogens (tertiary/aromatic N) is 4. The van der Waals surface area contributed by atoms with E-state index in [2.05, 4.69) is 30.5 Å². The van der Waals surface area contributed by atoms with Crippen molar-refractivity contribution in [3.63, 3.8) is 0 Å². The molecule has 0 fully saturated rings. The molecule has 0 aliphatic heterocycles. The van der Waals surface area contributed by atoms with Crippen LogP contribution in [0.15, 0.2) is 49.1 Å². The van der Waals surface area contributed by atoms with Crippen LogP contribution in [0.25, 0.3) is 11.4 Å². The molecule has 0 atom stereocenters. The van der Waals surface area contributed by atoms with E-state index in [4.69, 9.17) is 0 Å². The maximum absolute atomic E-state index is 4.42. The molecule has 19 heavy (non-hydrogen) atoms. The number of rotatable bonds is 4. The van der Waals surface area contributed by atoms with Gasteiger partial charge >= 0.3 is 0 Å². The first-order chi connectivity index (χ1) is 9.42. The van der Waals surface area contributed by atoms with Crippen LogP contribution in [0, 0.1) is 0 Å². The number of anilines is 1. The largest absolute Gasteiger partial charge is 0.377 e. The van der Waals surface area contributed by atoms with Gasteiger partial charge in [0.1, 0.15) is 5.82 Å². The van der Waals surface area contributed by atoms with Gasteiger partial charge in [0.2, 0.25) is 0 Å². The topological polar surface area (TPSA) is 79.4 Å². The molecule has 0 saturated carbocycles. The van der Waals surface area contributed by atoms with Gasteiger partial charge in [-0.25, -0.2) is 4.98 Å². The maximum Gasteiger partial charge on any atom is 0.181 e. The molecule has 0 aliphatic carbocycles. The summed E-state index contributed by atoms with van der Waals surface area (Å²) >= 11 is 0. The third-order valence-electron chi connectivity index (χ3n) is 2.59. The van der Waals surface area contributed by atoms with Crippen molar-refractivity contribution in [2.75, 3.05) is 5.32 Å². The van der Waals surface area contributed by atoms with Crippen LogP contribution in [0.3, 0.4) is 0 Å². The van der Waals surface area contributed by atoms with E-state index in [0.717, 1.165) is 17.1 Å². The molecule has 3 aromatic heterocycles. The van der Waals surface area contributed by atoms with Crippen LogP contribution in [-0.2, 0) is 6.54 Å². The summed E-state index contributed by atoms with van der Waals surface area (Å²) in [7, 11) is 0. The van der Waals surface area contributed by atoms with Gasteiger partial charge in [-0.15, -0.1) is 0 Å². The first kappa shape index (κ1) is 11.3. The van der Waals surface area contributed by atoms with E-state index in [-0.39, 0.29) is 0 Å². The highest BCUT2D eigenvalue weighted by Crippen LogP contribution is 2.13. The Balaban J connectivity index is 1.69. The van der Waals surface area contributed by atoms with Crippen molar-refractivity contribution < 1.29 is 0 Å². The molecule has 2 N–H and O–H groups in total. The molecule has 6 nitrogen and oxygen atoms in total. The Bertz CT molecular complexity index is 635. The molecule has 0 saturated heterocycles. The van der Waals surface area contributed by atoms with Gasteiger partial charge < -0.3 is 5.32 Å². The molecule has 3 aromatic rings. The summed E-state index contributed by atoms with van der Waals surface area (Å²) in [6, 6.07) is 7.58. The van der Waals surface area contributed by atoms with Crippen LogP contribution in [0.4, 0.5) is 5.69 Å². The number of aromatic nitrogens is 5. The zero-order valence-corrected chi connectivity index (χ0v) is 10.1. The van der Waals surface area contributed by atoms with E-state index in [9.17, 15) is 0 Å². The van der Waals surface area contributed by atoms with Gasteiger partial charge in [-0.3, -0.25) is 15.1 Å². The molecule has 6 heteroatoms. The minimum atomic E-state index is 0.573. The van der Waals surface area contributed by atoms with E-state index < -0.39 is 0 Å². The fourth-order valence-electron chi connectivity index (χ4n) is 1.66. The average molecular weight is 252 g/mol. The second-order valence-corrected chi connectivity index (χ2v) is 3.94. The minimum absolute atomic E-state index is 0.573. The van der Waals surface area contributed by atoms with Crippen molar-refractivity contribution in [1.29, 1.82) is 0 Å². The third kappa shape index (κ3) is 2.74. The molecular weight excluding hydrogens is 240 g/mol. The monoisotopic (exact) mass is 252 g/mol. The molecule has 0 spiro atoms. The number of pyridine rings is 2. The van der Waals surface area contributed by atoms with Gasteiger partial charge in [-0.05, 0) is 24.3 Å². The summed E-state index contributed by atoms with van der Waals surface area (Å²) in [6.45, 7) is 0.573. The van der Waals surface area contributed by atoms with Gasteiger partial charge in [0.05, 0.1) is 12.2 Å². The van der Waals surface area contributed by atoms with Crippen molar-refractivity contribution >= 4 is 5.69 Å². The van der Waals surface area contributed by atoms with Crippen molar-refractivity contribution in [3.05, 3.63) is 54.9 Å². The Morgan fingerprint density at radius 1 is 1.05 bits per heavy atom. The van der Waals surface area contributed by atoms with Crippen LogP contribution in [0.5, 0.6) is 0 Å². The lowest BCUT2D eigenvalue weighted by Gasteiger charge is -2.01. The van der Waals surface area contributed by atoms with Crippen LogP contribution in [0.2, 0.25) is 0 Å². The minimum Gasteiger partial charge on any atom is -0.377 e. The summed E-state index contributed by atoms with van der Waals surface area (Å²) in [6.07, 6.45) is 6.94. The van der Waals surface area contributed by atoms with E-state index in [1.165, 1.54) is 0 Å². The van der Waals surface area contributed by atoms with Gasteiger partial charge in [-0.1, -0.05) is 0 Å². The van der Waals surface area contributed by atoms with Crippen LogP contribution in [-0.4, -0.2) is 25.1 Å². The first-order valence-electron chi connectivity index (χ1n) is 5.87. The number of nitrogens with one attached hydrogen (secondary N) is 2. The zero-order valence-electron chi connectivity index (χ0n) is 10.1. The molecule has 3 heterocycles. The zero-order chi connectivity index (χ0) is 12.9.